The Hall–Kier alpha value is -2.26. The highest BCUT2D eigenvalue weighted by atomic mass is 32.2. The average molecular weight is 332 g/mol. The molecule has 0 heterocycles. The van der Waals surface area contributed by atoms with E-state index in [0.29, 0.717) is 0 Å². The minimum atomic E-state index is -4.86. The molecule has 0 saturated carbocycles. The standard InChI is InChI=1S/C13H11F3N2O3S/c14-13(15,16)8-2-1-3-11(22(19,20)21)12(8)7-4-5-9(17)10(18)6-7/h1-6H,17-18H2,(H,19,20,21). The van der Waals surface area contributed by atoms with Crippen LogP contribution in [0.5, 0.6) is 0 Å². The van der Waals surface area contributed by atoms with E-state index >= 15 is 0 Å². The first-order valence-corrected chi connectivity index (χ1v) is 7.29. The summed E-state index contributed by atoms with van der Waals surface area (Å²) in [4.78, 5) is -0.855. The smallest absolute Gasteiger partial charge is 0.397 e. The molecule has 22 heavy (non-hydrogen) atoms. The van der Waals surface area contributed by atoms with Gasteiger partial charge in [0.1, 0.15) is 4.90 Å². The van der Waals surface area contributed by atoms with Crippen molar-refractivity contribution >= 4 is 21.5 Å². The van der Waals surface area contributed by atoms with E-state index in [-0.39, 0.29) is 16.9 Å². The van der Waals surface area contributed by atoms with Gasteiger partial charge in [0.25, 0.3) is 10.1 Å². The summed E-state index contributed by atoms with van der Waals surface area (Å²) < 4.78 is 71.4. The molecule has 2 rings (SSSR count). The highest BCUT2D eigenvalue weighted by Gasteiger charge is 2.36. The molecule has 0 saturated heterocycles. The van der Waals surface area contributed by atoms with Crippen LogP contribution in [0.2, 0.25) is 0 Å². The molecule has 0 aliphatic rings. The Morgan fingerprint density at radius 2 is 1.64 bits per heavy atom. The van der Waals surface area contributed by atoms with Gasteiger partial charge < -0.3 is 11.5 Å². The molecule has 0 atom stereocenters. The summed E-state index contributed by atoms with van der Waals surface area (Å²) in [6, 6.07) is 6.07. The third kappa shape index (κ3) is 3.00. The monoisotopic (exact) mass is 332 g/mol. The van der Waals surface area contributed by atoms with Crippen LogP contribution >= 0.6 is 0 Å². The minimum absolute atomic E-state index is 0.00392. The number of hydrogen-bond donors (Lipinski definition) is 3. The first kappa shape index (κ1) is 16.1. The molecule has 5 N–H and O–H groups in total. The first-order valence-electron chi connectivity index (χ1n) is 5.85. The largest absolute Gasteiger partial charge is 0.417 e. The fourth-order valence-electron chi connectivity index (χ4n) is 2.01. The van der Waals surface area contributed by atoms with Crippen LogP contribution in [0.1, 0.15) is 5.56 Å². The van der Waals surface area contributed by atoms with Crippen LogP contribution in [0.15, 0.2) is 41.3 Å². The summed E-state index contributed by atoms with van der Waals surface area (Å²) in [5.41, 5.74) is 9.20. The van der Waals surface area contributed by atoms with Gasteiger partial charge in [0.2, 0.25) is 0 Å². The SMILES string of the molecule is Nc1ccc(-c2c(C(F)(F)F)cccc2S(=O)(=O)O)cc1N. The van der Waals surface area contributed by atoms with E-state index in [2.05, 4.69) is 0 Å². The number of halogens is 3. The fourth-order valence-corrected chi connectivity index (χ4v) is 2.75. The van der Waals surface area contributed by atoms with Gasteiger partial charge in [0, 0.05) is 5.56 Å². The summed E-state index contributed by atoms with van der Waals surface area (Å²) in [6.07, 6.45) is -4.81. The maximum absolute atomic E-state index is 13.1. The van der Waals surface area contributed by atoms with E-state index in [9.17, 15) is 26.1 Å². The van der Waals surface area contributed by atoms with Crippen molar-refractivity contribution < 1.29 is 26.1 Å². The molecule has 5 nitrogen and oxygen atoms in total. The lowest BCUT2D eigenvalue weighted by Gasteiger charge is -2.16. The number of hydrogen-bond acceptors (Lipinski definition) is 4. The van der Waals surface area contributed by atoms with Crippen molar-refractivity contribution in [2.24, 2.45) is 0 Å². The van der Waals surface area contributed by atoms with Gasteiger partial charge in [-0.15, -0.1) is 0 Å². The normalized spacial score (nSPS) is 12.4. The lowest BCUT2D eigenvalue weighted by Crippen LogP contribution is -2.11. The van der Waals surface area contributed by atoms with Crippen LogP contribution in [0, 0.1) is 0 Å². The second kappa shape index (κ2) is 5.18. The molecule has 0 radical (unpaired) electrons. The van der Waals surface area contributed by atoms with Crippen molar-refractivity contribution in [1.82, 2.24) is 0 Å². The zero-order valence-electron chi connectivity index (χ0n) is 10.9. The van der Waals surface area contributed by atoms with Gasteiger partial charge in [-0.3, -0.25) is 4.55 Å². The van der Waals surface area contributed by atoms with Gasteiger partial charge in [-0.2, -0.15) is 21.6 Å². The highest BCUT2D eigenvalue weighted by Crippen LogP contribution is 2.41. The van der Waals surface area contributed by atoms with Gasteiger partial charge in [-0.05, 0) is 29.8 Å². The molecule has 0 unspecified atom stereocenters. The molecule has 9 heteroatoms. The zero-order chi connectivity index (χ0) is 16.7. The maximum atomic E-state index is 13.1. The zero-order valence-corrected chi connectivity index (χ0v) is 11.7. The van der Waals surface area contributed by atoms with Crippen LogP contribution in [-0.4, -0.2) is 13.0 Å². The van der Waals surface area contributed by atoms with Crippen LogP contribution in [0.3, 0.4) is 0 Å². The molecule has 2 aromatic rings. The predicted molar refractivity (Wildman–Crippen MR) is 75.5 cm³/mol. The molecule has 0 amide bonds. The Morgan fingerprint density at radius 1 is 1.00 bits per heavy atom. The van der Waals surface area contributed by atoms with Crippen LogP contribution < -0.4 is 11.5 Å². The van der Waals surface area contributed by atoms with Gasteiger partial charge in [0.15, 0.2) is 0 Å². The number of nitrogens with two attached hydrogens (primary N) is 2. The van der Waals surface area contributed by atoms with Crippen LogP contribution in [0.4, 0.5) is 24.5 Å². The topological polar surface area (TPSA) is 106 Å². The van der Waals surface area contributed by atoms with E-state index in [1.807, 2.05) is 0 Å². The van der Waals surface area contributed by atoms with Gasteiger partial charge in [0.05, 0.1) is 16.9 Å². The Kier molecular flexibility index (Phi) is 3.80. The lowest BCUT2D eigenvalue weighted by atomic mass is 9.98. The van der Waals surface area contributed by atoms with Crippen LogP contribution in [-0.2, 0) is 16.3 Å². The molecule has 0 aromatic heterocycles. The fraction of sp³-hybridized carbons (Fsp3) is 0.0769. The molecular weight excluding hydrogens is 321 g/mol. The van der Waals surface area contributed by atoms with Crippen LogP contribution in [0.25, 0.3) is 11.1 Å². The quantitative estimate of drug-likeness (QED) is 0.579. The van der Waals surface area contributed by atoms with E-state index in [4.69, 9.17) is 11.5 Å². The molecular formula is C13H11F3N2O3S. The second-order valence-corrected chi connectivity index (χ2v) is 5.89. The Morgan fingerprint density at radius 3 is 2.14 bits per heavy atom. The third-order valence-corrected chi connectivity index (χ3v) is 3.88. The number of nitrogen functional groups attached to an aromatic ring is 2. The molecule has 118 valence electrons. The van der Waals surface area contributed by atoms with Crippen molar-refractivity contribution in [3.63, 3.8) is 0 Å². The molecule has 0 bridgehead atoms. The molecule has 0 aliphatic carbocycles. The average Bonchev–Trinajstić information content (AvgIpc) is 2.39. The van der Waals surface area contributed by atoms with E-state index in [0.717, 1.165) is 24.3 Å². The molecule has 0 spiro atoms. The summed E-state index contributed by atoms with van der Waals surface area (Å²) >= 11 is 0. The molecule has 0 fully saturated rings. The van der Waals surface area contributed by atoms with Gasteiger partial charge in [-0.25, -0.2) is 0 Å². The Balaban J connectivity index is 2.89. The lowest BCUT2D eigenvalue weighted by molar-refractivity contribution is -0.137. The van der Waals surface area contributed by atoms with Crippen molar-refractivity contribution in [1.29, 1.82) is 0 Å². The highest BCUT2D eigenvalue weighted by molar-refractivity contribution is 7.86. The second-order valence-electron chi connectivity index (χ2n) is 4.50. The van der Waals surface area contributed by atoms with E-state index in [1.165, 1.54) is 12.1 Å². The minimum Gasteiger partial charge on any atom is -0.397 e. The molecule has 0 aliphatic heterocycles. The Bertz CT molecular complexity index is 833. The van der Waals surface area contributed by atoms with E-state index < -0.39 is 32.3 Å². The van der Waals surface area contributed by atoms with Gasteiger partial charge in [-0.1, -0.05) is 12.1 Å². The van der Waals surface area contributed by atoms with Gasteiger partial charge >= 0.3 is 6.18 Å². The number of rotatable bonds is 2. The van der Waals surface area contributed by atoms with Crippen molar-refractivity contribution in [2.45, 2.75) is 11.1 Å². The number of benzene rings is 2. The molecule has 2 aromatic carbocycles. The number of anilines is 2. The Labute approximate surface area is 124 Å². The van der Waals surface area contributed by atoms with Crippen molar-refractivity contribution in [3.05, 3.63) is 42.0 Å². The summed E-state index contributed by atoms with van der Waals surface area (Å²) in [6.45, 7) is 0. The summed E-state index contributed by atoms with van der Waals surface area (Å²) in [7, 11) is -4.86. The van der Waals surface area contributed by atoms with E-state index in [1.54, 1.807) is 0 Å². The summed E-state index contributed by atoms with van der Waals surface area (Å²) in [5, 5.41) is 0. The number of alkyl halides is 3. The summed E-state index contributed by atoms with van der Waals surface area (Å²) in [5.74, 6) is 0. The predicted octanol–water partition coefficient (Wildman–Crippen LogP) is 2.78. The maximum Gasteiger partial charge on any atom is 0.417 e. The third-order valence-electron chi connectivity index (χ3n) is 2.98. The van der Waals surface area contributed by atoms with Crippen molar-refractivity contribution in [2.75, 3.05) is 11.5 Å². The first-order chi connectivity index (χ1) is 10.0. The van der Waals surface area contributed by atoms with Crippen molar-refractivity contribution in [3.8, 4) is 11.1 Å².